The number of aliphatic hydroxyl groups is 8. The van der Waals surface area contributed by atoms with E-state index < -0.39 is 86.8 Å². The van der Waals surface area contributed by atoms with Gasteiger partial charge in [-0.05, 0) is 19.3 Å². The number of hydrogen-bond donors (Lipinski definition) is 9. The fourth-order valence-electron chi connectivity index (χ4n) is 12.8. The first-order chi connectivity index (χ1) is 42.6. The van der Waals surface area contributed by atoms with E-state index in [0.29, 0.717) is 0 Å². The van der Waals surface area contributed by atoms with Crippen molar-refractivity contribution >= 4 is 5.91 Å². The average molecular weight is 1240 g/mol. The highest BCUT2D eigenvalue weighted by Gasteiger charge is 2.51. The Bertz CT molecular complexity index is 1510. The first kappa shape index (κ1) is 81.8. The lowest BCUT2D eigenvalue weighted by Crippen LogP contribution is -2.65. The zero-order chi connectivity index (χ0) is 63.1. The summed E-state index contributed by atoms with van der Waals surface area (Å²) in [6, 6.07) is -0.911. The molecule has 0 radical (unpaired) electrons. The third kappa shape index (κ3) is 42.6. The fourth-order valence-corrected chi connectivity index (χ4v) is 12.8. The highest BCUT2D eigenvalue weighted by Crippen LogP contribution is 2.30. The number of carbonyl (C=O) groups is 1. The van der Waals surface area contributed by atoms with Gasteiger partial charge in [-0.2, -0.15) is 0 Å². The lowest BCUT2D eigenvalue weighted by molar-refractivity contribution is -0.359. The average Bonchev–Trinajstić information content (AvgIpc) is 2.34. The Labute approximate surface area is 533 Å². The molecule has 2 saturated heterocycles. The van der Waals surface area contributed by atoms with E-state index in [-0.39, 0.29) is 18.9 Å². The summed E-state index contributed by atoms with van der Waals surface area (Å²) < 4.78 is 22.9. The topological polar surface area (TPSA) is 228 Å². The van der Waals surface area contributed by atoms with Gasteiger partial charge in [0.1, 0.15) is 48.8 Å². The van der Waals surface area contributed by atoms with Crippen LogP contribution < -0.4 is 5.32 Å². The molecule has 2 heterocycles. The molecule has 0 bridgehead atoms. The SMILES string of the molecule is CCCCCCCCCCCCCCCCCCC/C=C/C(O)C(COC1OC(CO)C(OC2OC(CO)C(O)C(O)C2O)C(O)C1O)NC(=O)CCCCCCCCCCCCCCCCCCCCCCCCCCCCCCCCCCCC. The first-order valence-electron chi connectivity index (χ1n) is 37.4. The van der Waals surface area contributed by atoms with Crippen LogP contribution in [0.15, 0.2) is 12.2 Å². The lowest BCUT2D eigenvalue weighted by Gasteiger charge is -2.46. The van der Waals surface area contributed by atoms with Gasteiger partial charge in [0, 0.05) is 6.42 Å². The minimum Gasteiger partial charge on any atom is -0.394 e. The quantitative estimate of drug-likeness (QED) is 0.0204. The normalized spacial score (nSPS) is 23.2. The van der Waals surface area contributed by atoms with Crippen molar-refractivity contribution in [2.75, 3.05) is 19.8 Å². The molecular formula is C73H141NO13. The number of rotatable bonds is 63. The van der Waals surface area contributed by atoms with Gasteiger partial charge < -0.3 is 65.1 Å². The number of carbonyl (C=O) groups excluding carboxylic acids is 1. The summed E-state index contributed by atoms with van der Waals surface area (Å²) in [6.45, 7) is 2.86. The van der Waals surface area contributed by atoms with Gasteiger partial charge in [-0.1, -0.05) is 341 Å². The largest absolute Gasteiger partial charge is 0.394 e. The molecule has 516 valence electrons. The molecule has 0 saturated carbocycles. The molecule has 0 aliphatic carbocycles. The van der Waals surface area contributed by atoms with Crippen LogP contribution in [0.25, 0.3) is 0 Å². The van der Waals surface area contributed by atoms with E-state index in [2.05, 4.69) is 19.2 Å². The Hall–Kier alpha value is -1.27. The summed E-state index contributed by atoms with van der Waals surface area (Å²) in [6.07, 6.45) is 55.8. The van der Waals surface area contributed by atoms with Gasteiger partial charge in [-0.3, -0.25) is 4.79 Å². The second-order valence-electron chi connectivity index (χ2n) is 26.8. The van der Waals surface area contributed by atoms with E-state index in [4.69, 9.17) is 18.9 Å². The Morgan fingerprint density at radius 3 is 1.06 bits per heavy atom. The van der Waals surface area contributed by atoms with Gasteiger partial charge in [0.25, 0.3) is 0 Å². The van der Waals surface area contributed by atoms with E-state index in [9.17, 15) is 45.6 Å². The number of ether oxygens (including phenoxy) is 4. The van der Waals surface area contributed by atoms with Crippen LogP contribution >= 0.6 is 0 Å². The van der Waals surface area contributed by atoms with E-state index in [1.807, 2.05) is 6.08 Å². The van der Waals surface area contributed by atoms with Crippen LogP contribution in [0.3, 0.4) is 0 Å². The molecule has 0 spiro atoms. The lowest BCUT2D eigenvalue weighted by atomic mass is 9.97. The number of aliphatic hydroxyl groups excluding tert-OH is 8. The molecule has 1 amide bonds. The van der Waals surface area contributed by atoms with Crippen molar-refractivity contribution in [1.82, 2.24) is 5.32 Å². The molecule has 9 N–H and O–H groups in total. The molecule has 2 aliphatic rings. The van der Waals surface area contributed by atoms with Gasteiger partial charge in [0.15, 0.2) is 12.6 Å². The highest BCUT2D eigenvalue weighted by molar-refractivity contribution is 5.76. The molecule has 14 nitrogen and oxygen atoms in total. The summed E-state index contributed by atoms with van der Waals surface area (Å²) in [4.78, 5) is 13.3. The van der Waals surface area contributed by atoms with Crippen LogP contribution in [0.4, 0.5) is 0 Å². The maximum atomic E-state index is 13.3. The van der Waals surface area contributed by atoms with Crippen molar-refractivity contribution in [2.45, 2.75) is 428 Å². The van der Waals surface area contributed by atoms with Gasteiger partial charge in [-0.25, -0.2) is 0 Å². The Morgan fingerprint density at radius 1 is 0.402 bits per heavy atom. The molecule has 2 fully saturated rings. The van der Waals surface area contributed by atoms with Crippen molar-refractivity contribution < 1.29 is 64.6 Å². The third-order valence-electron chi connectivity index (χ3n) is 18.7. The maximum absolute atomic E-state index is 13.3. The molecule has 2 rings (SSSR count). The zero-order valence-electron chi connectivity index (χ0n) is 56.3. The van der Waals surface area contributed by atoms with Gasteiger partial charge in [0.2, 0.25) is 5.91 Å². The minimum atomic E-state index is -1.79. The van der Waals surface area contributed by atoms with Crippen molar-refractivity contribution in [3.63, 3.8) is 0 Å². The second-order valence-corrected chi connectivity index (χ2v) is 26.8. The summed E-state index contributed by atoms with van der Waals surface area (Å²) in [7, 11) is 0. The van der Waals surface area contributed by atoms with Crippen molar-refractivity contribution in [3.8, 4) is 0 Å². The summed E-state index contributed by atoms with van der Waals surface area (Å²) in [5.41, 5.74) is 0. The van der Waals surface area contributed by atoms with Crippen LogP contribution in [0.2, 0.25) is 0 Å². The minimum absolute atomic E-state index is 0.230. The molecule has 0 aromatic carbocycles. The number of hydrogen-bond acceptors (Lipinski definition) is 13. The number of nitrogens with one attached hydrogen (secondary N) is 1. The van der Waals surface area contributed by atoms with E-state index >= 15 is 0 Å². The van der Waals surface area contributed by atoms with Crippen molar-refractivity contribution in [2.24, 2.45) is 0 Å². The number of amides is 1. The van der Waals surface area contributed by atoms with Gasteiger partial charge >= 0.3 is 0 Å². The molecular weight excluding hydrogens is 1100 g/mol. The third-order valence-corrected chi connectivity index (χ3v) is 18.7. The second kappa shape index (κ2) is 58.5. The van der Waals surface area contributed by atoms with E-state index in [0.717, 1.165) is 44.9 Å². The molecule has 2 aliphatic heterocycles. The van der Waals surface area contributed by atoms with Crippen LogP contribution in [0, 0.1) is 0 Å². The van der Waals surface area contributed by atoms with Crippen LogP contribution in [-0.2, 0) is 23.7 Å². The monoisotopic (exact) mass is 1240 g/mol. The van der Waals surface area contributed by atoms with Crippen molar-refractivity contribution in [3.05, 3.63) is 12.2 Å². The molecule has 12 atom stereocenters. The molecule has 12 unspecified atom stereocenters. The van der Waals surface area contributed by atoms with E-state index in [1.165, 1.54) is 289 Å². The van der Waals surface area contributed by atoms with E-state index in [1.54, 1.807) is 6.08 Å². The number of allylic oxidation sites excluding steroid dienone is 1. The fraction of sp³-hybridized carbons (Fsp3) is 0.959. The maximum Gasteiger partial charge on any atom is 0.220 e. The molecule has 0 aromatic heterocycles. The Kier molecular flexibility index (Phi) is 55.1. The number of unbranched alkanes of at least 4 members (excludes halogenated alkanes) is 50. The molecule has 0 aromatic rings. The summed E-state index contributed by atoms with van der Waals surface area (Å²) in [5, 5.41) is 87.5. The predicted octanol–water partition coefficient (Wildman–Crippen LogP) is 15.7. The summed E-state index contributed by atoms with van der Waals surface area (Å²) >= 11 is 0. The standard InChI is InChI=1S/C73H141NO13/c1-3-5-7-9-11-13-15-17-19-21-23-24-25-26-27-28-29-30-31-32-33-34-35-36-37-39-41-43-45-47-49-51-53-55-57-65(78)74-61(62(77)56-54-52-50-48-46-44-42-40-38-22-20-18-16-14-12-10-8-6-4-2)60-84-72-70(83)68(81)71(64(59-76)86-72)87-73-69(82)67(80)66(79)63(58-75)85-73/h54,56,61-64,66-73,75-77,79-83H,3-53,55,57-60H2,1-2H3,(H,74,78)/b56-54+. The van der Waals surface area contributed by atoms with Gasteiger partial charge in [-0.15, -0.1) is 0 Å². The highest BCUT2D eigenvalue weighted by atomic mass is 16.7. The Balaban J connectivity index is 1.60. The molecule has 87 heavy (non-hydrogen) atoms. The smallest absolute Gasteiger partial charge is 0.220 e. The summed E-state index contributed by atoms with van der Waals surface area (Å²) in [5.74, 6) is -0.230. The predicted molar refractivity (Wildman–Crippen MR) is 355 cm³/mol. The van der Waals surface area contributed by atoms with Crippen molar-refractivity contribution in [1.29, 1.82) is 0 Å². The van der Waals surface area contributed by atoms with Gasteiger partial charge in [0.05, 0.1) is 32.0 Å². The van der Waals surface area contributed by atoms with Crippen LogP contribution in [0.5, 0.6) is 0 Å². The van der Waals surface area contributed by atoms with Crippen LogP contribution in [-0.4, -0.2) is 140 Å². The van der Waals surface area contributed by atoms with Crippen LogP contribution in [0.1, 0.15) is 354 Å². The molecule has 14 heteroatoms. The Morgan fingerprint density at radius 2 is 0.713 bits per heavy atom. The first-order valence-corrected chi connectivity index (χ1v) is 37.4. The zero-order valence-corrected chi connectivity index (χ0v) is 56.3.